The van der Waals surface area contributed by atoms with Crippen LogP contribution < -0.4 is 14.4 Å². The van der Waals surface area contributed by atoms with Gasteiger partial charge in [0.05, 0.1) is 17.7 Å². The summed E-state index contributed by atoms with van der Waals surface area (Å²) in [6.45, 7) is 5.20. The van der Waals surface area contributed by atoms with E-state index in [-0.39, 0.29) is 46.3 Å². The van der Waals surface area contributed by atoms with Crippen molar-refractivity contribution >= 4 is 39.1 Å². The van der Waals surface area contributed by atoms with Crippen molar-refractivity contribution in [3.05, 3.63) is 125 Å². The summed E-state index contributed by atoms with van der Waals surface area (Å²) in [6.07, 6.45) is 0.931. The SMILES string of the molecule is CC[C@H](C)NC(=O)[C@@H](Cc1ccccc1)N(Cc1ccccc1)C(=O)CN(c1cc(Cl)ccc1OC)S(=O)(=O)c1ccc(C)cc1. The molecule has 2 amide bonds. The molecule has 0 saturated heterocycles. The second kappa shape index (κ2) is 15.8. The van der Waals surface area contributed by atoms with Crippen molar-refractivity contribution in [2.45, 2.75) is 57.1 Å². The Morgan fingerprint density at radius 1 is 0.891 bits per heavy atom. The lowest BCUT2D eigenvalue weighted by Crippen LogP contribution is -2.54. The van der Waals surface area contributed by atoms with Gasteiger partial charge in [-0.2, -0.15) is 0 Å². The minimum atomic E-state index is -4.30. The Hall–Kier alpha value is -4.34. The van der Waals surface area contributed by atoms with Crippen LogP contribution in [0.3, 0.4) is 0 Å². The first-order chi connectivity index (χ1) is 22.0. The normalized spacial score (nSPS) is 12.5. The summed E-state index contributed by atoms with van der Waals surface area (Å²) in [7, 11) is -2.88. The van der Waals surface area contributed by atoms with Gasteiger partial charge in [0.15, 0.2) is 0 Å². The number of halogens is 1. The summed E-state index contributed by atoms with van der Waals surface area (Å²) in [6, 6.07) is 28.7. The van der Waals surface area contributed by atoms with Gasteiger partial charge in [-0.05, 0) is 61.7 Å². The van der Waals surface area contributed by atoms with Crippen molar-refractivity contribution in [2.24, 2.45) is 0 Å². The van der Waals surface area contributed by atoms with Gasteiger partial charge in [0.1, 0.15) is 18.3 Å². The Morgan fingerprint density at radius 2 is 1.50 bits per heavy atom. The van der Waals surface area contributed by atoms with E-state index in [1.54, 1.807) is 24.3 Å². The van der Waals surface area contributed by atoms with Crippen LogP contribution in [0.15, 0.2) is 108 Å². The quantitative estimate of drug-likeness (QED) is 0.169. The summed E-state index contributed by atoms with van der Waals surface area (Å²) in [5, 5.41) is 3.31. The maximum atomic E-state index is 14.6. The van der Waals surface area contributed by atoms with Gasteiger partial charge in [-0.15, -0.1) is 0 Å². The molecular weight excluding hydrogens is 622 g/mol. The largest absolute Gasteiger partial charge is 0.495 e. The molecule has 4 rings (SSSR count). The first-order valence-electron chi connectivity index (χ1n) is 15.1. The van der Waals surface area contributed by atoms with E-state index in [1.165, 1.54) is 30.2 Å². The number of amides is 2. The highest BCUT2D eigenvalue weighted by atomic mass is 35.5. The molecule has 0 spiro atoms. The van der Waals surface area contributed by atoms with Crippen molar-refractivity contribution in [3.8, 4) is 5.75 Å². The molecule has 0 aliphatic heterocycles. The average molecular weight is 662 g/mol. The van der Waals surface area contributed by atoms with Gasteiger partial charge in [0, 0.05) is 24.0 Å². The van der Waals surface area contributed by atoms with Gasteiger partial charge in [0.2, 0.25) is 11.8 Å². The van der Waals surface area contributed by atoms with Crippen molar-refractivity contribution in [2.75, 3.05) is 18.0 Å². The fraction of sp³-hybridized carbons (Fsp3) is 0.278. The number of aryl methyl sites for hydroxylation is 1. The molecule has 0 heterocycles. The average Bonchev–Trinajstić information content (AvgIpc) is 3.06. The Kier molecular flexibility index (Phi) is 11.8. The molecule has 0 aliphatic rings. The smallest absolute Gasteiger partial charge is 0.264 e. The molecule has 0 unspecified atom stereocenters. The topological polar surface area (TPSA) is 96.0 Å². The maximum Gasteiger partial charge on any atom is 0.264 e. The van der Waals surface area contributed by atoms with Gasteiger partial charge < -0.3 is 15.0 Å². The van der Waals surface area contributed by atoms with Crippen LogP contribution in [-0.4, -0.2) is 50.9 Å². The first kappa shape index (κ1) is 34.5. The van der Waals surface area contributed by atoms with E-state index in [1.807, 2.05) is 81.4 Å². The molecule has 0 fully saturated rings. The number of hydrogen-bond donors (Lipinski definition) is 1. The molecule has 46 heavy (non-hydrogen) atoms. The molecule has 10 heteroatoms. The number of nitrogens with zero attached hydrogens (tertiary/aromatic N) is 2. The van der Waals surface area contributed by atoms with E-state index in [9.17, 15) is 18.0 Å². The van der Waals surface area contributed by atoms with Crippen LogP contribution in [0.1, 0.15) is 37.0 Å². The monoisotopic (exact) mass is 661 g/mol. The molecule has 242 valence electrons. The molecule has 0 bridgehead atoms. The first-order valence-corrected chi connectivity index (χ1v) is 17.0. The zero-order chi connectivity index (χ0) is 33.3. The van der Waals surface area contributed by atoms with Crippen LogP contribution in [0.5, 0.6) is 5.75 Å². The molecule has 0 aromatic heterocycles. The number of hydrogen-bond acceptors (Lipinski definition) is 5. The Labute approximate surface area is 277 Å². The van der Waals surface area contributed by atoms with Crippen molar-refractivity contribution < 1.29 is 22.7 Å². The summed E-state index contributed by atoms with van der Waals surface area (Å²) in [5.41, 5.74) is 2.64. The van der Waals surface area contributed by atoms with Crippen LogP contribution >= 0.6 is 11.6 Å². The lowest BCUT2D eigenvalue weighted by atomic mass is 10.0. The third kappa shape index (κ3) is 8.68. The molecule has 1 N–H and O–H groups in total. The highest BCUT2D eigenvalue weighted by molar-refractivity contribution is 7.92. The number of benzene rings is 4. The lowest BCUT2D eigenvalue weighted by Gasteiger charge is -2.34. The predicted molar refractivity (Wildman–Crippen MR) is 183 cm³/mol. The van der Waals surface area contributed by atoms with Crippen molar-refractivity contribution in [3.63, 3.8) is 0 Å². The fourth-order valence-electron chi connectivity index (χ4n) is 4.98. The van der Waals surface area contributed by atoms with E-state index in [0.717, 1.165) is 21.0 Å². The molecule has 0 aliphatic carbocycles. The summed E-state index contributed by atoms with van der Waals surface area (Å²) in [4.78, 5) is 30.0. The third-order valence-corrected chi connectivity index (χ3v) is 9.77. The number of carbonyl (C=O) groups excluding carboxylic acids is 2. The maximum absolute atomic E-state index is 14.6. The highest BCUT2D eigenvalue weighted by Gasteiger charge is 2.36. The standard InChI is InChI=1S/C36H40ClN3O5S/c1-5-27(3)38-36(42)33(22-28-12-8-6-9-13-28)39(24-29-14-10-7-11-15-29)35(41)25-40(32-23-30(37)18-21-34(32)45-4)46(43,44)31-19-16-26(2)17-20-31/h6-21,23,27,33H,5,22,24-25H2,1-4H3,(H,38,42)/t27-,33+/m0/s1. The van der Waals surface area contributed by atoms with Gasteiger partial charge in [-0.3, -0.25) is 13.9 Å². The molecule has 4 aromatic carbocycles. The number of sulfonamides is 1. The van der Waals surface area contributed by atoms with Crippen LogP contribution in [0.25, 0.3) is 0 Å². The number of nitrogens with one attached hydrogen (secondary N) is 1. The van der Waals surface area contributed by atoms with Crippen LogP contribution in [0.4, 0.5) is 5.69 Å². The van der Waals surface area contributed by atoms with Crippen LogP contribution in [0, 0.1) is 6.92 Å². The fourth-order valence-corrected chi connectivity index (χ4v) is 6.57. The van der Waals surface area contributed by atoms with E-state index in [2.05, 4.69) is 5.32 Å². The highest BCUT2D eigenvalue weighted by Crippen LogP contribution is 2.35. The van der Waals surface area contributed by atoms with E-state index in [4.69, 9.17) is 16.3 Å². The second-order valence-corrected chi connectivity index (χ2v) is 13.5. The van der Waals surface area contributed by atoms with Gasteiger partial charge in [-0.1, -0.05) is 96.9 Å². The van der Waals surface area contributed by atoms with Gasteiger partial charge in [-0.25, -0.2) is 8.42 Å². The third-order valence-electron chi connectivity index (χ3n) is 7.77. The molecule has 0 saturated carbocycles. The number of ether oxygens (including phenoxy) is 1. The van der Waals surface area contributed by atoms with E-state index >= 15 is 0 Å². The number of methoxy groups -OCH3 is 1. The van der Waals surface area contributed by atoms with Crippen LogP contribution in [-0.2, 0) is 32.6 Å². The Balaban J connectivity index is 1.84. The number of rotatable bonds is 14. The van der Waals surface area contributed by atoms with E-state index in [0.29, 0.717) is 6.42 Å². The molecule has 4 aromatic rings. The molecule has 8 nitrogen and oxygen atoms in total. The van der Waals surface area contributed by atoms with Crippen molar-refractivity contribution in [1.29, 1.82) is 0 Å². The zero-order valence-electron chi connectivity index (χ0n) is 26.5. The minimum Gasteiger partial charge on any atom is -0.495 e. The number of anilines is 1. The van der Waals surface area contributed by atoms with Gasteiger partial charge >= 0.3 is 0 Å². The van der Waals surface area contributed by atoms with Gasteiger partial charge in [0.25, 0.3) is 10.0 Å². The summed E-state index contributed by atoms with van der Waals surface area (Å²) >= 11 is 6.36. The summed E-state index contributed by atoms with van der Waals surface area (Å²) < 4.78 is 35.1. The van der Waals surface area contributed by atoms with Crippen molar-refractivity contribution in [1.82, 2.24) is 10.2 Å². The molecule has 2 atom stereocenters. The molecular formula is C36H40ClN3O5S. The Morgan fingerprint density at radius 3 is 2.09 bits per heavy atom. The number of carbonyl (C=O) groups is 2. The van der Waals surface area contributed by atoms with E-state index < -0.39 is 28.5 Å². The predicted octanol–water partition coefficient (Wildman–Crippen LogP) is 6.41. The second-order valence-electron chi connectivity index (χ2n) is 11.2. The lowest BCUT2D eigenvalue weighted by molar-refractivity contribution is -0.140. The minimum absolute atomic E-state index is 0.00196. The molecule has 0 radical (unpaired) electrons. The Bertz CT molecular complexity index is 1720. The van der Waals surface area contributed by atoms with Crippen LogP contribution in [0.2, 0.25) is 5.02 Å². The zero-order valence-corrected chi connectivity index (χ0v) is 28.1. The summed E-state index contributed by atoms with van der Waals surface area (Å²) in [5.74, 6) is -0.671.